The second-order valence-electron chi connectivity index (χ2n) is 7.14. The number of benzene rings is 2. The zero-order chi connectivity index (χ0) is 22.7. The Morgan fingerprint density at radius 1 is 1.12 bits per heavy atom. The summed E-state index contributed by atoms with van der Waals surface area (Å²) >= 11 is 13.5. The van der Waals surface area contributed by atoms with E-state index in [1.165, 1.54) is 15.9 Å². The van der Waals surface area contributed by atoms with Crippen LogP contribution in [0.15, 0.2) is 41.2 Å². The zero-order valence-corrected chi connectivity index (χ0v) is 19.9. The summed E-state index contributed by atoms with van der Waals surface area (Å²) in [6, 6.07) is 10.7. The van der Waals surface area contributed by atoms with E-state index in [0.717, 1.165) is 24.8 Å². The van der Waals surface area contributed by atoms with E-state index in [-0.39, 0.29) is 5.56 Å². The number of thiazole rings is 1. The summed E-state index contributed by atoms with van der Waals surface area (Å²) in [5.74, 6) is 1.70. The van der Waals surface area contributed by atoms with E-state index >= 15 is 0 Å². The van der Waals surface area contributed by atoms with Gasteiger partial charge >= 0.3 is 0 Å². The predicted octanol–water partition coefficient (Wildman–Crippen LogP) is 5.25. The molecule has 0 aliphatic rings. The number of hydrogen-bond donors (Lipinski definition) is 0. The van der Waals surface area contributed by atoms with Crippen LogP contribution in [-0.2, 0) is 0 Å². The van der Waals surface area contributed by atoms with Crippen molar-refractivity contribution in [1.29, 1.82) is 0 Å². The fourth-order valence-electron chi connectivity index (χ4n) is 3.20. The van der Waals surface area contributed by atoms with Crippen molar-refractivity contribution < 1.29 is 9.47 Å². The van der Waals surface area contributed by atoms with E-state index in [1.54, 1.807) is 31.4 Å². The summed E-state index contributed by atoms with van der Waals surface area (Å²) in [6.45, 7) is 2.80. The molecule has 0 saturated heterocycles. The van der Waals surface area contributed by atoms with Crippen LogP contribution < -0.4 is 19.6 Å². The maximum absolute atomic E-state index is 12.9. The number of hydrogen-bond acceptors (Lipinski definition) is 6. The van der Waals surface area contributed by atoms with Gasteiger partial charge in [-0.2, -0.15) is 9.50 Å². The predicted molar refractivity (Wildman–Crippen MR) is 129 cm³/mol. The third-order valence-electron chi connectivity index (χ3n) is 4.84. The van der Waals surface area contributed by atoms with Crippen molar-refractivity contribution in [1.82, 2.24) is 14.6 Å². The van der Waals surface area contributed by atoms with Crippen LogP contribution in [0.5, 0.6) is 11.5 Å². The minimum Gasteiger partial charge on any atom is -0.493 e. The van der Waals surface area contributed by atoms with Gasteiger partial charge in [0.05, 0.1) is 23.3 Å². The van der Waals surface area contributed by atoms with Gasteiger partial charge in [-0.1, -0.05) is 60.4 Å². The van der Waals surface area contributed by atoms with Crippen molar-refractivity contribution in [3.05, 3.63) is 66.9 Å². The number of aromatic nitrogens is 3. The quantitative estimate of drug-likeness (QED) is 0.316. The second kappa shape index (κ2) is 9.90. The molecule has 9 heteroatoms. The van der Waals surface area contributed by atoms with Crippen LogP contribution in [0.3, 0.4) is 0 Å². The maximum atomic E-state index is 12.9. The molecule has 0 atom stereocenters. The molecule has 2 aromatic carbocycles. The molecule has 0 radical (unpaired) electrons. The Morgan fingerprint density at radius 3 is 2.69 bits per heavy atom. The number of fused-ring (bicyclic) bond motifs is 1. The van der Waals surface area contributed by atoms with Crippen LogP contribution in [0.2, 0.25) is 10.0 Å². The second-order valence-corrected chi connectivity index (χ2v) is 8.99. The highest BCUT2D eigenvalue weighted by molar-refractivity contribution is 7.15. The SMILES string of the molecule is CCCCCOc1ccc(C=c2sc3nc(-c4ccc(Cl)cc4Cl)nn3c2=O)cc1OC. The average Bonchev–Trinajstić information content (AvgIpc) is 3.31. The van der Waals surface area contributed by atoms with Gasteiger partial charge in [0.15, 0.2) is 17.3 Å². The number of nitrogens with zero attached hydrogens (tertiary/aromatic N) is 3. The lowest BCUT2D eigenvalue weighted by Gasteiger charge is -2.11. The van der Waals surface area contributed by atoms with Gasteiger partial charge in [-0.3, -0.25) is 4.79 Å². The lowest BCUT2D eigenvalue weighted by atomic mass is 10.2. The van der Waals surface area contributed by atoms with Crippen LogP contribution in [-0.4, -0.2) is 28.3 Å². The van der Waals surface area contributed by atoms with Crippen molar-refractivity contribution in [2.45, 2.75) is 26.2 Å². The van der Waals surface area contributed by atoms with E-state index in [2.05, 4.69) is 17.0 Å². The number of halogens is 2. The standard InChI is InChI=1S/C23H21Cl2N3O3S/c1-3-4-5-10-31-18-9-6-14(11-19(18)30-2)12-20-22(29)28-23(32-20)26-21(27-28)16-8-7-15(24)13-17(16)25/h6-9,11-13H,3-5,10H2,1-2H3. The van der Waals surface area contributed by atoms with Gasteiger partial charge in [-0.05, 0) is 48.4 Å². The molecule has 4 rings (SSSR count). The first-order valence-corrected chi connectivity index (χ1v) is 11.7. The van der Waals surface area contributed by atoms with Gasteiger partial charge in [-0.15, -0.1) is 5.10 Å². The van der Waals surface area contributed by atoms with E-state index < -0.39 is 0 Å². The summed E-state index contributed by atoms with van der Waals surface area (Å²) in [7, 11) is 1.60. The highest BCUT2D eigenvalue weighted by Gasteiger charge is 2.15. The first-order chi connectivity index (χ1) is 15.5. The Bertz CT molecular complexity index is 1370. The number of unbranched alkanes of at least 4 members (excludes halogenated alkanes) is 2. The summed E-state index contributed by atoms with van der Waals surface area (Å²) in [5.41, 5.74) is 1.20. The highest BCUT2D eigenvalue weighted by atomic mass is 35.5. The zero-order valence-electron chi connectivity index (χ0n) is 17.6. The third-order valence-corrected chi connectivity index (χ3v) is 6.35. The van der Waals surface area contributed by atoms with E-state index in [0.29, 0.717) is 49.0 Å². The van der Waals surface area contributed by atoms with Gasteiger partial charge in [0.1, 0.15) is 0 Å². The summed E-state index contributed by atoms with van der Waals surface area (Å²) in [4.78, 5) is 17.8. The molecule has 0 unspecified atom stereocenters. The Kier molecular flexibility index (Phi) is 6.98. The topological polar surface area (TPSA) is 65.7 Å². The van der Waals surface area contributed by atoms with Gasteiger partial charge in [0, 0.05) is 10.6 Å². The molecule has 0 amide bonds. The highest BCUT2D eigenvalue weighted by Crippen LogP contribution is 2.29. The molecule has 6 nitrogen and oxygen atoms in total. The van der Waals surface area contributed by atoms with E-state index in [1.807, 2.05) is 18.2 Å². The van der Waals surface area contributed by atoms with Crippen LogP contribution in [0.25, 0.3) is 22.4 Å². The van der Waals surface area contributed by atoms with Gasteiger partial charge in [-0.25, -0.2) is 0 Å². The minimum absolute atomic E-state index is 0.243. The molecule has 2 heterocycles. The fraction of sp³-hybridized carbons (Fsp3) is 0.261. The molecule has 4 aromatic rings. The Morgan fingerprint density at radius 2 is 1.97 bits per heavy atom. The van der Waals surface area contributed by atoms with Crippen molar-refractivity contribution in [2.75, 3.05) is 13.7 Å². The number of methoxy groups -OCH3 is 1. The van der Waals surface area contributed by atoms with Crippen molar-refractivity contribution >= 4 is 45.6 Å². The monoisotopic (exact) mass is 489 g/mol. The van der Waals surface area contributed by atoms with Gasteiger partial charge in [0.2, 0.25) is 4.96 Å². The Hall–Kier alpha value is -2.61. The summed E-state index contributed by atoms with van der Waals surface area (Å²) < 4.78 is 13.1. The van der Waals surface area contributed by atoms with Crippen molar-refractivity contribution in [3.8, 4) is 22.9 Å². The lowest BCUT2D eigenvalue weighted by molar-refractivity contribution is 0.286. The van der Waals surface area contributed by atoms with Crippen LogP contribution in [0.1, 0.15) is 31.7 Å². The van der Waals surface area contributed by atoms with Crippen LogP contribution >= 0.6 is 34.5 Å². The van der Waals surface area contributed by atoms with Gasteiger partial charge in [0.25, 0.3) is 5.56 Å². The van der Waals surface area contributed by atoms with Crippen LogP contribution in [0.4, 0.5) is 0 Å². The number of rotatable bonds is 8. The fourth-order valence-corrected chi connectivity index (χ4v) is 4.60. The lowest BCUT2D eigenvalue weighted by Crippen LogP contribution is -2.23. The Labute approximate surface area is 199 Å². The molecule has 32 heavy (non-hydrogen) atoms. The molecule has 0 aliphatic heterocycles. The summed E-state index contributed by atoms with van der Waals surface area (Å²) in [6.07, 6.45) is 5.06. The molecule has 0 N–H and O–H groups in total. The maximum Gasteiger partial charge on any atom is 0.291 e. The van der Waals surface area contributed by atoms with E-state index in [9.17, 15) is 4.79 Å². The first kappa shape index (κ1) is 22.6. The minimum atomic E-state index is -0.243. The molecule has 0 bridgehead atoms. The molecule has 2 aromatic heterocycles. The third kappa shape index (κ3) is 4.75. The van der Waals surface area contributed by atoms with E-state index in [4.69, 9.17) is 32.7 Å². The molecule has 166 valence electrons. The van der Waals surface area contributed by atoms with Crippen molar-refractivity contribution in [2.24, 2.45) is 0 Å². The molecule has 0 spiro atoms. The normalized spacial score (nSPS) is 11.9. The molecule has 0 saturated carbocycles. The van der Waals surface area contributed by atoms with Crippen LogP contribution in [0, 0.1) is 0 Å². The molecular weight excluding hydrogens is 469 g/mol. The largest absolute Gasteiger partial charge is 0.493 e. The summed E-state index contributed by atoms with van der Waals surface area (Å²) in [5, 5.41) is 5.30. The molecular formula is C23H21Cl2N3O3S. The Balaban J connectivity index is 1.63. The first-order valence-electron chi connectivity index (χ1n) is 10.2. The number of ether oxygens (including phenoxy) is 2. The van der Waals surface area contributed by atoms with Gasteiger partial charge < -0.3 is 9.47 Å². The van der Waals surface area contributed by atoms with Crippen molar-refractivity contribution in [3.63, 3.8) is 0 Å². The molecule has 0 fully saturated rings. The molecule has 0 aliphatic carbocycles. The average molecular weight is 490 g/mol. The smallest absolute Gasteiger partial charge is 0.291 e.